The lowest BCUT2D eigenvalue weighted by Crippen LogP contribution is -2.61. The average molecular weight is 264 g/mol. The third-order valence-electron chi connectivity index (χ3n) is 4.43. The summed E-state index contributed by atoms with van der Waals surface area (Å²) < 4.78 is 19.8. The summed E-state index contributed by atoms with van der Waals surface area (Å²) >= 11 is 0. The third kappa shape index (κ3) is 1.76. The van der Waals surface area contributed by atoms with Gasteiger partial charge in [-0.3, -0.25) is 4.68 Å². The summed E-state index contributed by atoms with van der Waals surface area (Å²) in [5.41, 5.74) is 1.03. The molecule has 1 aromatic heterocycles. The van der Waals surface area contributed by atoms with Crippen LogP contribution >= 0.6 is 0 Å². The Hall–Kier alpha value is -0.885. The molecule has 4 heterocycles. The molecule has 1 unspecified atom stereocenters. The molecule has 3 fully saturated rings. The van der Waals surface area contributed by atoms with Crippen LogP contribution in [-0.2, 0) is 14.0 Å². The Labute approximate surface area is 112 Å². The Morgan fingerprint density at radius 3 is 2.74 bits per heavy atom. The van der Waals surface area contributed by atoms with E-state index >= 15 is 0 Å². The summed E-state index contributed by atoms with van der Waals surface area (Å²) in [5, 5.41) is 4.46. The van der Waals surface area contributed by atoms with Gasteiger partial charge < -0.3 is 18.9 Å². The molecule has 6 nitrogen and oxygen atoms in total. The van der Waals surface area contributed by atoms with Crippen LogP contribution in [0.25, 0.3) is 0 Å². The van der Waals surface area contributed by atoms with Crippen molar-refractivity contribution in [1.82, 2.24) is 14.6 Å². The summed E-state index contributed by atoms with van der Waals surface area (Å²) in [6.45, 7) is 2.69. The van der Waals surface area contributed by atoms with E-state index in [4.69, 9.17) is 14.0 Å². The van der Waals surface area contributed by atoms with E-state index in [1.165, 1.54) is 6.42 Å². The Morgan fingerprint density at radius 2 is 2.00 bits per heavy atom. The zero-order valence-corrected chi connectivity index (χ0v) is 11.0. The summed E-state index contributed by atoms with van der Waals surface area (Å²) in [6, 6.07) is 2.02. The van der Waals surface area contributed by atoms with Crippen molar-refractivity contribution >= 4 is 12.3 Å². The molecular weight excluding hydrogens is 245 g/mol. The predicted octanol–water partition coefficient (Wildman–Crippen LogP) is 0.0905. The van der Waals surface area contributed by atoms with Crippen molar-refractivity contribution in [3.05, 3.63) is 12.3 Å². The first-order chi connectivity index (χ1) is 9.40. The van der Waals surface area contributed by atoms with E-state index < -0.39 is 6.69 Å². The number of aromatic nitrogens is 2. The van der Waals surface area contributed by atoms with Crippen LogP contribution in [0.3, 0.4) is 0 Å². The van der Waals surface area contributed by atoms with Gasteiger partial charge in [-0.15, -0.1) is 0 Å². The molecule has 3 aliphatic rings. The second-order valence-electron chi connectivity index (χ2n) is 5.47. The lowest BCUT2D eigenvalue weighted by molar-refractivity contribution is -0.0382. The number of nitrogens with zero attached hydrogens (tertiary/aromatic N) is 3. The van der Waals surface area contributed by atoms with Crippen LogP contribution in [0.5, 0.6) is 0 Å². The number of hydrogen-bond donors (Lipinski definition) is 0. The van der Waals surface area contributed by atoms with Gasteiger partial charge in [0.15, 0.2) is 0 Å². The van der Waals surface area contributed by atoms with Crippen LogP contribution in [-0.4, -0.2) is 54.2 Å². The average Bonchev–Trinajstić information content (AvgIpc) is 3.14. The monoisotopic (exact) mass is 264 g/mol. The molecule has 1 aromatic rings. The maximum absolute atomic E-state index is 5.99. The van der Waals surface area contributed by atoms with Gasteiger partial charge in [0.05, 0.1) is 0 Å². The van der Waals surface area contributed by atoms with Crippen molar-refractivity contribution in [2.75, 3.05) is 32.9 Å². The minimum absolute atomic E-state index is 0.0326. The zero-order valence-electron chi connectivity index (χ0n) is 11.0. The second kappa shape index (κ2) is 4.59. The smallest absolute Gasteiger partial charge is 0.365 e. The fraction of sp³-hybridized carbons (Fsp3) is 0.750. The van der Waals surface area contributed by atoms with Crippen LogP contribution in [0.1, 0.15) is 25.5 Å². The fourth-order valence-corrected chi connectivity index (χ4v) is 3.50. The van der Waals surface area contributed by atoms with Gasteiger partial charge in [-0.05, 0) is 37.9 Å². The first kappa shape index (κ1) is 11.9. The summed E-state index contributed by atoms with van der Waals surface area (Å²) in [6.07, 6.45) is 5.20. The Bertz CT molecular complexity index is 451. The van der Waals surface area contributed by atoms with Crippen molar-refractivity contribution in [3.63, 3.8) is 0 Å². The predicted molar refractivity (Wildman–Crippen MR) is 69.9 cm³/mol. The SMILES string of the molecule is c1cc([B-]23OCCN2CCO3)n(C2CCCCO2)n1. The topological polar surface area (TPSA) is 48.8 Å². The number of hydrogen-bond acceptors (Lipinski definition) is 5. The summed E-state index contributed by atoms with van der Waals surface area (Å²) in [7, 11) is 0. The van der Waals surface area contributed by atoms with Gasteiger partial charge in [-0.1, -0.05) is 6.07 Å². The molecule has 3 aliphatic heterocycles. The van der Waals surface area contributed by atoms with E-state index in [-0.39, 0.29) is 6.23 Å². The van der Waals surface area contributed by atoms with Gasteiger partial charge in [-0.2, -0.15) is 5.10 Å². The van der Waals surface area contributed by atoms with Gasteiger partial charge in [0.1, 0.15) is 6.23 Å². The molecule has 0 bridgehead atoms. The van der Waals surface area contributed by atoms with E-state index in [0.29, 0.717) is 0 Å². The molecular formula is C12H19BN3O3-. The van der Waals surface area contributed by atoms with E-state index in [1.807, 2.05) is 16.9 Å². The quantitative estimate of drug-likeness (QED) is 0.708. The van der Waals surface area contributed by atoms with Crippen molar-refractivity contribution < 1.29 is 14.0 Å². The van der Waals surface area contributed by atoms with Crippen molar-refractivity contribution in [2.45, 2.75) is 25.5 Å². The highest BCUT2D eigenvalue weighted by Gasteiger charge is 2.46. The zero-order chi connectivity index (χ0) is 12.7. The van der Waals surface area contributed by atoms with Crippen molar-refractivity contribution in [2.24, 2.45) is 0 Å². The lowest BCUT2D eigenvalue weighted by Gasteiger charge is -2.38. The van der Waals surface area contributed by atoms with Crippen LogP contribution in [0, 0.1) is 0 Å². The van der Waals surface area contributed by atoms with E-state index in [2.05, 4.69) is 9.91 Å². The highest BCUT2D eigenvalue weighted by molar-refractivity contribution is 6.78. The van der Waals surface area contributed by atoms with Gasteiger partial charge in [-0.25, -0.2) is 0 Å². The maximum Gasteiger partial charge on any atom is 0.365 e. The first-order valence-electron chi connectivity index (χ1n) is 7.22. The van der Waals surface area contributed by atoms with Crippen molar-refractivity contribution in [3.8, 4) is 0 Å². The standard InChI is InChI=1S/C12H19BN3O3/c1-2-8-17-12(3-1)16-11(4-5-14-16)13-15(6-9-18-13)7-10-19-13/h4-5,12H,1-3,6-10H2/q-1. The molecule has 1 atom stereocenters. The molecule has 0 saturated carbocycles. The molecule has 0 radical (unpaired) electrons. The minimum atomic E-state index is -1.48. The minimum Gasteiger partial charge on any atom is -0.549 e. The Morgan fingerprint density at radius 1 is 1.16 bits per heavy atom. The van der Waals surface area contributed by atoms with Crippen LogP contribution in [0.4, 0.5) is 0 Å². The number of fused-ring (bicyclic) bond motifs is 1. The maximum atomic E-state index is 5.99. The lowest BCUT2D eigenvalue weighted by atomic mass is 9.67. The van der Waals surface area contributed by atoms with Crippen molar-refractivity contribution in [1.29, 1.82) is 0 Å². The van der Waals surface area contributed by atoms with Gasteiger partial charge in [0.2, 0.25) is 0 Å². The largest absolute Gasteiger partial charge is 0.549 e. The summed E-state index contributed by atoms with van der Waals surface area (Å²) in [5.74, 6) is 0. The molecule has 4 rings (SSSR count). The van der Waals surface area contributed by atoms with Gasteiger partial charge in [0, 0.05) is 26.0 Å². The molecule has 7 heteroatoms. The number of ether oxygens (including phenoxy) is 1. The molecule has 0 aromatic carbocycles. The van der Waals surface area contributed by atoms with Crippen LogP contribution in [0.2, 0.25) is 0 Å². The first-order valence-corrected chi connectivity index (χ1v) is 7.22. The number of rotatable bonds is 2. The molecule has 0 aliphatic carbocycles. The molecule has 3 saturated heterocycles. The normalized spacial score (nSPS) is 30.6. The molecule has 0 amide bonds. The molecule has 0 N–H and O–H groups in total. The van der Waals surface area contributed by atoms with E-state index in [1.54, 1.807) is 0 Å². The second-order valence-corrected chi connectivity index (χ2v) is 5.47. The van der Waals surface area contributed by atoms with Gasteiger partial charge >= 0.3 is 6.69 Å². The molecule has 104 valence electrons. The Balaban J connectivity index is 1.69. The van der Waals surface area contributed by atoms with Crippen LogP contribution < -0.4 is 5.59 Å². The molecule has 0 spiro atoms. The highest BCUT2D eigenvalue weighted by atomic mass is 16.6. The third-order valence-corrected chi connectivity index (χ3v) is 4.43. The van der Waals surface area contributed by atoms with E-state index in [0.717, 1.165) is 51.3 Å². The fourth-order valence-electron chi connectivity index (χ4n) is 3.50. The highest BCUT2D eigenvalue weighted by Crippen LogP contribution is 2.27. The van der Waals surface area contributed by atoms with Gasteiger partial charge in [0.25, 0.3) is 0 Å². The van der Waals surface area contributed by atoms with E-state index in [9.17, 15) is 0 Å². The van der Waals surface area contributed by atoms with Crippen LogP contribution in [0.15, 0.2) is 12.3 Å². The Kier molecular flexibility index (Phi) is 2.88. The molecule has 19 heavy (non-hydrogen) atoms. The summed E-state index contributed by atoms with van der Waals surface area (Å²) in [4.78, 5) is 2.30.